The summed E-state index contributed by atoms with van der Waals surface area (Å²) in [4.78, 5) is 12.5. The fraction of sp³-hybridized carbons (Fsp3) is 0.125. The second-order valence-corrected chi connectivity index (χ2v) is 5.02. The lowest BCUT2D eigenvalue weighted by atomic mass is 10.1. The van der Waals surface area contributed by atoms with Crippen LogP contribution in [0.25, 0.3) is 5.69 Å². The van der Waals surface area contributed by atoms with Gasteiger partial charge in [0, 0.05) is 5.69 Å². The Morgan fingerprint density at radius 1 is 1.09 bits per heavy atom. The number of amides is 1. The minimum atomic E-state index is -0.200. The van der Waals surface area contributed by atoms with Gasteiger partial charge >= 0.3 is 0 Å². The number of aryl methyl sites for hydroxylation is 2. The number of benzene rings is 2. The summed E-state index contributed by atoms with van der Waals surface area (Å²) in [6.07, 6.45) is 1.46. The van der Waals surface area contributed by atoms with Gasteiger partial charge in [0.05, 0.1) is 11.3 Å². The van der Waals surface area contributed by atoms with Crippen molar-refractivity contribution < 1.29 is 4.79 Å². The van der Waals surface area contributed by atoms with Crippen molar-refractivity contribution >= 4 is 11.6 Å². The number of carbonyl (C=O) groups excluding carboxylic acids is 1. The topological polar surface area (TPSA) is 72.7 Å². The molecule has 0 fully saturated rings. The van der Waals surface area contributed by atoms with Crippen LogP contribution in [0.4, 0.5) is 5.69 Å². The van der Waals surface area contributed by atoms with E-state index in [2.05, 4.69) is 20.8 Å². The van der Waals surface area contributed by atoms with Crippen molar-refractivity contribution in [1.29, 1.82) is 0 Å². The highest BCUT2D eigenvalue weighted by molar-refractivity contribution is 6.06. The van der Waals surface area contributed by atoms with Gasteiger partial charge in [0.2, 0.25) is 0 Å². The van der Waals surface area contributed by atoms with Crippen molar-refractivity contribution in [3.05, 3.63) is 65.5 Å². The number of nitrogens with zero attached hydrogens (tertiary/aromatic N) is 4. The van der Waals surface area contributed by atoms with Crippen LogP contribution >= 0.6 is 0 Å². The maximum Gasteiger partial charge on any atom is 0.257 e. The molecule has 1 amide bonds. The minimum Gasteiger partial charge on any atom is -0.322 e. The molecule has 22 heavy (non-hydrogen) atoms. The van der Waals surface area contributed by atoms with Crippen LogP contribution in [-0.2, 0) is 0 Å². The van der Waals surface area contributed by atoms with E-state index in [0.717, 1.165) is 11.3 Å². The molecule has 0 unspecified atom stereocenters. The van der Waals surface area contributed by atoms with Gasteiger partial charge in [0.15, 0.2) is 0 Å². The van der Waals surface area contributed by atoms with E-state index in [1.807, 2.05) is 44.2 Å². The highest BCUT2D eigenvalue weighted by atomic mass is 16.1. The molecule has 0 atom stereocenters. The van der Waals surface area contributed by atoms with Crippen LogP contribution in [0.2, 0.25) is 0 Å². The lowest BCUT2D eigenvalue weighted by Gasteiger charge is -2.10. The summed E-state index contributed by atoms with van der Waals surface area (Å²) in [6.45, 7) is 4.05. The molecule has 0 saturated heterocycles. The van der Waals surface area contributed by atoms with E-state index < -0.39 is 0 Å². The Morgan fingerprint density at radius 2 is 1.91 bits per heavy atom. The van der Waals surface area contributed by atoms with Gasteiger partial charge in [-0.05, 0) is 59.7 Å². The number of carbonyl (C=O) groups is 1. The summed E-state index contributed by atoms with van der Waals surface area (Å²) in [7, 11) is 0. The minimum absolute atomic E-state index is 0.200. The van der Waals surface area contributed by atoms with E-state index in [0.29, 0.717) is 11.3 Å². The Hall–Kier alpha value is -3.02. The zero-order valence-electron chi connectivity index (χ0n) is 12.3. The monoisotopic (exact) mass is 293 g/mol. The fourth-order valence-corrected chi connectivity index (χ4v) is 2.15. The Morgan fingerprint density at radius 3 is 2.64 bits per heavy atom. The van der Waals surface area contributed by atoms with Gasteiger partial charge in [-0.2, -0.15) is 4.68 Å². The van der Waals surface area contributed by atoms with E-state index in [-0.39, 0.29) is 5.91 Å². The van der Waals surface area contributed by atoms with Crippen LogP contribution in [0.5, 0.6) is 0 Å². The van der Waals surface area contributed by atoms with Gasteiger partial charge in [-0.25, -0.2) is 0 Å². The number of nitrogens with one attached hydrogen (secondary N) is 1. The van der Waals surface area contributed by atoms with Crippen LogP contribution < -0.4 is 5.32 Å². The van der Waals surface area contributed by atoms with Crippen LogP contribution in [0.1, 0.15) is 21.5 Å². The van der Waals surface area contributed by atoms with Gasteiger partial charge in [0.1, 0.15) is 6.33 Å². The molecule has 1 N–H and O–H groups in total. The number of rotatable bonds is 3. The molecule has 3 rings (SSSR count). The smallest absolute Gasteiger partial charge is 0.257 e. The third kappa shape index (κ3) is 2.71. The standard InChI is InChI=1S/C16H15N5O/c1-11-7-8-13(9-12(11)2)18-16(22)14-5-3-4-6-15(14)21-10-17-19-20-21/h3-10H,1-2H3,(H,18,22). The largest absolute Gasteiger partial charge is 0.322 e. The predicted molar refractivity (Wildman–Crippen MR) is 83.0 cm³/mol. The first-order chi connectivity index (χ1) is 10.6. The van der Waals surface area contributed by atoms with Crippen LogP contribution in [0.15, 0.2) is 48.8 Å². The van der Waals surface area contributed by atoms with Gasteiger partial charge in [-0.3, -0.25) is 4.79 Å². The predicted octanol–water partition coefficient (Wildman–Crippen LogP) is 2.53. The van der Waals surface area contributed by atoms with E-state index >= 15 is 0 Å². The van der Waals surface area contributed by atoms with Gasteiger partial charge < -0.3 is 5.32 Å². The van der Waals surface area contributed by atoms with Crippen molar-refractivity contribution in [3.8, 4) is 5.69 Å². The summed E-state index contributed by atoms with van der Waals surface area (Å²) >= 11 is 0. The van der Waals surface area contributed by atoms with E-state index in [9.17, 15) is 4.79 Å². The lowest BCUT2D eigenvalue weighted by Crippen LogP contribution is -2.15. The molecule has 1 aromatic heterocycles. The molecule has 0 bridgehead atoms. The van der Waals surface area contributed by atoms with Crippen molar-refractivity contribution in [2.75, 3.05) is 5.32 Å². The van der Waals surface area contributed by atoms with Gasteiger partial charge in [-0.15, -0.1) is 5.10 Å². The van der Waals surface area contributed by atoms with Crippen LogP contribution in [0, 0.1) is 13.8 Å². The number of anilines is 1. The van der Waals surface area contributed by atoms with Gasteiger partial charge in [-0.1, -0.05) is 18.2 Å². The first kappa shape index (κ1) is 13.9. The summed E-state index contributed by atoms with van der Waals surface area (Å²) in [6, 6.07) is 13.0. The Kier molecular flexibility index (Phi) is 3.65. The third-order valence-electron chi connectivity index (χ3n) is 3.51. The molecule has 6 nitrogen and oxygen atoms in total. The molecule has 0 radical (unpaired) electrons. The molecule has 1 heterocycles. The second kappa shape index (κ2) is 5.77. The number of aromatic nitrogens is 4. The highest BCUT2D eigenvalue weighted by Crippen LogP contribution is 2.18. The van der Waals surface area contributed by atoms with E-state index in [1.54, 1.807) is 12.1 Å². The average molecular weight is 293 g/mol. The van der Waals surface area contributed by atoms with Crippen molar-refractivity contribution in [2.24, 2.45) is 0 Å². The number of para-hydroxylation sites is 1. The Labute approximate surface area is 127 Å². The lowest BCUT2D eigenvalue weighted by molar-refractivity contribution is 0.102. The maximum absolute atomic E-state index is 12.5. The molecule has 0 aliphatic heterocycles. The molecule has 110 valence electrons. The first-order valence-corrected chi connectivity index (χ1v) is 6.86. The molecule has 0 saturated carbocycles. The SMILES string of the molecule is Cc1ccc(NC(=O)c2ccccc2-n2cnnn2)cc1C. The quantitative estimate of drug-likeness (QED) is 0.805. The molecule has 6 heteroatoms. The Balaban J connectivity index is 1.91. The molecule has 0 spiro atoms. The second-order valence-electron chi connectivity index (χ2n) is 5.02. The van der Waals surface area contributed by atoms with E-state index in [4.69, 9.17) is 0 Å². The number of hydrogen-bond acceptors (Lipinski definition) is 4. The van der Waals surface area contributed by atoms with Crippen molar-refractivity contribution in [3.63, 3.8) is 0 Å². The summed E-state index contributed by atoms with van der Waals surface area (Å²) in [5.74, 6) is -0.200. The summed E-state index contributed by atoms with van der Waals surface area (Å²) < 4.78 is 1.47. The summed E-state index contributed by atoms with van der Waals surface area (Å²) in [5, 5.41) is 14.0. The number of tetrazole rings is 1. The summed E-state index contributed by atoms with van der Waals surface area (Å²) in [5.41, 5.74) is 4.22. The normalized spacial score (nSPS) is 10.5. The maximum atomic E-state index is 12.5. The molecule has 3 aromatic rings. The molecule has 2 aromatic carbocycles. The van der Waals surface area contributed by atoms with Crippen LogP contribution in [-0.4, -0.2) is 26.1 Å². The van der Waals surface area contributed by atoms with E-state index in [1.165, 1.54) is 16.6 Å². The highest BCUT2D eigenvalue weighted by Gasteiger charge is 2.13. The first-order valence-electron chi connectivity index (χ1n) is 6.86. The zero-order valence-corrected chi connectivity index (χ0v) is 12.3. The molecule has 0 aliphatic carbocycles. The zero-order chi connectivity index (χ0) is 15.5. The number of hydrogen-bond donors (Lipinski definition) is 1. The van der Waals surface area contributed by atoms with Crippen molar-refractivity contribution in [2.45, 2.75) is 13.8 Å². The fourth-order valence-electron chi connectivity index (χ4n) is 2.15. The van der Waals surface area contributed by atoms with Crippen LogP contribution in [0.3, 0.4) is 0 Å². The molecule has 0 aliphatic rings. The van der Waals surface area contributed by atoms with Gasteiger partial charge in [0.25, 0.3) is 5.91 Å². The third-order valence-corrected chi connectivity index (χ3v) is 3.51. The molecular weight excluding hydrogens is 278 g/mol. The average Bonchev–Trinajstić information content (AvgIpc) is 3.05. The van der Waals surface area contributed by atoms with Crippen molar-refractivity contribution in [1.82, 2.24) is 20.2 Å². The Bertz CT molecular complexity index is 811. The molecular formula is C16H15N5O.